The van der Waals surface area contributed by atoms with Crippen LogP contribution in [-0.4, -0.2) is 6.21 Å². The number of anilines is 1. The molecule has 12 heavy (non-hydrogen) atoms. The molecule has 0 radical (unpaired) electrons. The molecule has 0 saturated carbocycles. The highest BCUT2D eigenvalue weighted by molar-refractivity contribution is 6.06. The average molecular weight is 158 g/mol. The van der Waals surface area contributed by atoms with Gasteiger partial charge in [-0.25, -0.2) is 0 Å². The molecule has 0 spiro atoms. The lowest BCUT2D eigenvalue weighted by Gasteiger charge is -2.04. The van der Waals surface area contributed by atoms with Crippen molar-refractivity contribution in [2.75, 3.05) is 5.43 Å². The molecule has 2 aromatic rings. The highest BCUT2D eigenvalue weighted by Gasteiger charge is 2.11. The van der Waals surface area contributed by atoms with E-state index in [1.807, 2.05) is 18.2 Å². The monoisotopic (exact) mass is 158 g/mol. The van der Waals surface area contributed by atoms with Gasteiger partial charge in [-0.05, 0) is 6.07 Å². The van der Waals surface area contributed by atoms with Crippen LogP contribution in [0.4, 0.5) is 5.69 Å². The molecule has 1 aromatic heterocycles. The van der Waals surface area contributed by atoms with Gasteiger partial charge in [0.15, 0.2) is 0 Å². The molecule has 3 rings (SSSR count). The van der Waals surface area contributed by atoms with Crippen molar-refractivity contribution in [3.05, 3.63) is 30.0 Å². The molecular weight excluding hydrogens is 152 g/mol. The summed E-state index contributed by atoms with van der Waals surface area (Å²) >= 11 is 0. The first kappa shape index (κ1) is 5.83. The summed E-state index contributed by atoms with van der Waals surface area (Å²) < 4.78 is 5.32. The van der Waals surface area contributed by atoms with Crippen molar-refractivity contribution in [1.82, 2.24) is 0 Å². The van der Waals surface area contributed by atoms with E-state index in [1.54, 1.807) is 12.5 Å². The number of hydrazone groups is 1. The Morgan fingerprint density at radius 3 is 3.33 bits per heavy atom. The fraction of sp³-hybridized carbons (Fsp3) is 0. The van der Waals surface area contributed by atoms with E-state index in [0.29, 0.717) is 0 Å². The fourth-order valence-corrected chi connectivity index (χ4v) is 1.48. The van der Waals surface area contributed by atoms with Crippen LogP contribution in [0.2, 0.25) is 0 Å². The van der Waals surface area contributed by atoms with Gasteiger partial charge < -0.3 is 4.42 Å². The third-order valence-electron chi connectivity index (χ3n) is 2.02. The fourth-order valence-electron chi connectivity index (χ4n) is 1.48. The minimum atomic E-state index is 0.904. The van der Waals surface area contributed by atoms with Gasteiger partial charge in [-0.15, -0.1) is 0 Å². The minimum Gasteiger partial charge on any atom is -0.462 e. The Hall–Kier alpha value is -1.77. The number of hydrogen-bond donors (Lipinski definition) is 1. The van der Waals surface area contributed by atoms with Gasteiger partial charge in [0.25, 0.3) is 0 Å². The predicted molar refractivity (Wildman–Crippen MR) is 47.4 cm³/mol. The highest BCUT2D eigenvalue weighted by Crippen LogP contribution is 2.30. The van der Waals surface area contributed by atoms with Gasteiger partial charge in [0.05, 0.1) is 11.6 Å². The number of nitrogens with one attached hydrogen (secondary N) is 1. The molecule has 1 aliphatic rings. The van der Waals surface area contributed by atoms with E-state index in [1.165, 1.54) is 0 Å². The van der Waals surface area contributed by atoms with Crippen molar-refractivity contribution in [1.29, 1.82) is 0 Å². The molecule has 3 nitrogen and oxygen atoms in total. The van der Waals surface area contributed by atoms with Crippen LogP contribution >= 0.6 is 0 Å². The number of hydrogen-bond acceptors (Lipinski definition) is 3. The summed E-state index contributed by atoms with van der Waals surface area (Å²) in [4.78, 5) is 0. The maximum Gasteiger partial charge on any atom is 0.136 e. The summed E-state index contributed by atoms with van der Waals surface area (Å²) in [6.07, 6.45) is 3.48. The van der Waals surface area contributed by atoms with Gasteiger partial charge >= 0.3 is 0 Å². The van der Waals surface area contributed by atoms with E-state index in [0.717, 1.165) is 22.2 Å². The molecule has 0 aliphatic carbocycles. The SMILES string of the molecule is C1=NNc2coc3cccc1c23. The third kappa shape index (κ3) is 0.580. The standard InChI is InChI=1S/C9H6N2O/c1-2-6-4-10-11-7-5-12-8(3-1)9(6)7/h1-5,11H. The van der Waals surface area contributed by atoms with E-state index >= 15 is 0 Å². The molecule has 0 atom stereocenters. The Labute approximate surface area is 68.7 Å². The van der Waals surface area contributed by atoms with Crippen molar-refractivity contribution in [3.8, 4) is 0 Å². The summed E-state index contributed by atoms with van der Waals surface area (Å²) in [5.41, 5.74) is 5.84. The molecule has 1 aliphatic heterocycles. The Morgan fingerprint density at radius 1 is 1.33 bits per heavy atom. The zero-order chi connectivity index (χ0) is 7.97. The maximum absolute atomic E-state index is 5.32. The van der Waals surface area contributed by atoms with Crippen molar-refractivity contribution in [2.45, 2.75) is 0 Å². The van der Waals surface area contributed by atoms with E-state index < -0.39 is 0 Å². The van der Waals surface area contributed by atoms with E-state index in [4.69, 9.17) is 4.42 Å². The molecule has 0 amide bonds. The molecule has 2 heterocycles. The first-order valence-corrected chi connectivity index (χ1v) is 3.74. The zero-order valence-corrected chi connectivity index (χ0v) is 6.24. The van der Waals surface area contributed by atoms with Crippen LogP contribution in [0.25, 0.3) is 11.0 Å². The van der Waals surface area contributed by atoms with Crippen LogP contribution in [0.3, 0.4) is 0 Å². The lowest BCUT2D eigenvalue weighted by Crippen LogP contribution is -1.96. The second-order valence-corrected chi connectivity index (χ2v) is 2.74. The maximum atomic E-state index is 5.32. The molecule has 0 unspecified atom stereocenters. The molecule has 1 aromatic carbocycles. The Morgan fingerprint density at radius 2 is 2.33 bits per heavy atom. The van der Waals surface area contributed by atoms with Crippen LogP contribution in [0.1, 0.15) is 5.56 Å². The Kier molecular flexibility index (Phi) is 0.913. The third-order valence-corrected chi connectivity index (χ3v) is 2.02. The van der Waals surface area contributed by atoms with Crippen LogP contribution in [-0.2, 0) is 0 Å². The summed E-state index contributed by atoms with van der Waals surface area (Å²) in [6.45, 7) is 0. The number of furan rings is 1. The Bertz CT molecular complexity index is 470. The first-order valence-electron chi connectivity index (χ1n) is 3.74. The van der Waals surface area contributed by atoms with Gasteiger partial charge in [0.2, 0.25) is 0 Å². The molecule has 58 valence electrons. The van der Waals surface area contributed by atoms with Gasteiger partial charge in [-0.1, -0.05) is 12.1 Å². The molecule has 1 N–H and O–H groups in total. The van der Waals surface area contributed by atoms with Crippen molar-refractivity contribution < 1.29 is 4.42 Å². The van der Waals surface area contributed by atoms with Gasteiger partial charge in [0.1, 0.15) is 17.5 Å². The van der Waals surface area contributed by atoms with Crippen LogP contribution < -0.4 is 5.43 Å². The zero-order valence-electron chi connectivity index (χ0n) is 6.24. The molecular formula is C9H6N2O. The summed E-state index contributed by atoms with van der Waals surface area (Å²) in [5, 5.41) is 5.10. The second kappa shape index (κ2) is 1.88. The second-order valence-electron chi connectivity index (χ2n) is 2.74. The van der Waals surface area contributed by atoms with Crippen molar-refractivity contribution in [3.63, 3.8) is 0 Å². The molecule has 0 bridgehead atoms. The molecule has 0 saturated heterocycles. The van der Waals surface area contributed by atoms with Gasteiger partial charge in [-0.2, -0.15) is 5.10 Å². The van der Waals surface area contributed by atoms with Crippen LogP contribution in [0.15, 0.2) is 34.0 Å². The number of benzene rings is 1. The topological polar surface area (TPSA) is 37.5 Å². The summed E-state index contributed by atoms with van der Waals surface area (Å²) in [5.74, 6) is 0. The van der Waals surface area contributed by atoms with Crippen LogP contribution in [0, 0.1) is 0 Å². The summed E-state index contributed by atoms with van der Waals surface area (Å²) in [7, 11) is 0. The number of rotatable bonds is 0. The van der Waals surface area contributed by atoms with E-state index in [-0.39, 0.29) is 0 Å². The highest BCUT2D eigenvalue weighted by atomic mass is 16.3. The number of nitrogens with zero attached hydrogens (tertiary/aromatic N) is 1. The van der Waals surface area contributed by atoms with Gasteiger partial charge in [-0.3, -0.25) is 5.43 Å². The quantitative estimate of drug-likeness (QED) is 0.638. The molecule has 3 heteroatoms. The lowest BCUT2D eigenvalue weighted by molar-refractivity contribution is 0.617. The Balaban J connectivity index is 2.57. The lowest BCUT2D eigenvalue weighted by atomic mass is 10.1. The average Bonchev–Trinajstić information content (AvgIpc) is 2.52. The summed E-state index contributed by atoms with van der Waals surface area (Å²) in [6, 6.07) is 5.93. The smallest absolute Gasteiger partial charge is 0.136 e. The molecule has 0 fully saturated rings. The van der Waals surface area contributed by atoms with Crippen molar-refractivity contribution >= 4 is 22.9 Å². The van der Waals surface area contributed by atoms with E-state index in [9.17, 15) is 0 Å². The van der Waals surface area contributed by atoms with Crippen molar-refractivity contribution in [2.24, 2.45) is 5.10 Å². The normalized spacial score (nSPS) is 13.3. The first-order chi connectivity index (χ1) is 5.95. The largest absolute Gasteiger partial charge is 0.462 e. The van der Waals surface area contributed by atoms with E-state index in [2.05, 4.69) is 10.5 Å². The minimum absolute atomic E-state index is 0.904. The predicted octanol–water partition coefficient (Wildman–Crippen LogP) is 2.19. The van der Waals surface area contributed by atoms with Crippen LogP contribution in [0.5, 0.6) is 0 Å². The van der Waals surface area contributed by atoms with Gasteiger partial charge in [0, 0.05) is 5.56 Å².